The van der Waals surface area contributed by atoms with Gasteiger partial charge in [-0.1, -0.05) is 23.4 Å². The third-order valence-electron chi connectivity index (χ3n) is 5.05. The average Bonchev–Trinajstić information content (AvgIpc) is 3.13. The molecule has 0 aliphatic heterocycles. The van der Waals surface area contributed by atoms with Crippen molar-refractivity contribution in [2.24, 2.45) is 0 Å². The molecule has 156 valence electrons. The highest BCUT2D eigenvalue weighted by molar-refractivity contribution is 7.98. The van der Waals surface area contributed by atoms with Gasteiger partial charge in [0.05, 0.1) is 6.42 Å². The van der Waals surface area contributed by atoms with E-state index < -0.39 is 5.97 Å². The predicted molar refractivity (Wildman–Crippen MR) is 111 cm³/mol. The van der Waals surface area contributed by atoms with Gasteiger partial charge < -0.3 is 10.1 Å². The molecule has 0 spiro atoms. The zero-order chi connectivity index (χ0) is 20.8. The van der Waals surface area contributed by atoms with E-state index in [1.807, 2.05) is 20.1 Å². The van der Waals surface area contributed by atoms with Crippen molar-refractivity contribution in [3.8, 4) is 0 Å². The Morgan fingerprint density at radius 2 is 2.10 bits per heavy atom. The molecule has 1 amide bonds. The Labute approximate surface area is 174 Å². The van der Waals surface area contributed by atoms with Crippen molar-refractivity contribution in [1.82, 2.24) is 24.9 Å². The van der Waals surface area contributed by atoms with Crippen molar-refractivity contribution in [2.75, 3.05) is 19.4 Å². The van der Waals surface area contributed by atoms with E-state index in [0.717, 1.165) is 30.5 Å². The van der Waals surface area contributed by atoms with Crippen LogP contribution in [0.5, 0.6) is 0 Å². The van der Waals surface area contributed by atoms with Crippen LogP contribution in [0.25, 0.3) is 5.78 Å². The van der Waals surface area contributed by atoms with Crippen LogP contribution < -0.4 is 5.32 Å². The van der Waals surface area contributed by atoms with Gasteiger partial charge >= 0.3 is 5.97 Å². The number of carbonyl (C=O) groups is 2. The number of ether oxygens (including phenoxy) is 1. The number of nitrogens with one attached hydrogen (secondary N) is 1. The number of hydrogen-bond donors (Lipinski definition) is 1. The summed E-state index contributed by atoms with van der Waals surface area (Å²) >= 11 is 1.43. The van der Waals surface area contributed by atoms with Gasteiger partial charge in [-0.3, -0.25) is 9.59 Å². The maximum absolute atomic E-state index is 12.3. The number of fused-ring (bicyclic) bond motifs is 1. The van der Waals surface area contributed by atoms with E-state index in [0.29, 0.717) is 23.2 Å². The van der Waals surface area contributed by atoms with Gasteiger partial charge in [-0.2, -0.15) is 4.98 Å². The van der Waals surface area contributed by atoms with E-state index in [9.17, 15) is 9.59 Å². The summed E-state index contributed by atoms with van der Waals surface area (Å²) in [7, 11) is 0. The largest absolute Gasteiger partial charge is 0.455 e. The number of thioether (sulfide) groups is 1. The van der Waals surface area contributed by atoms with E-state index >= 15 is 0 Å². The van der Waals surface area contributed by atoms with Crippen LogP contribution >= 0.6 is 11.8 Å². The van der Waals surface area contributed by atoms with Gasteiger partial charge in [-0.15, -0.1) is 5.10 Å². The van der Waals surface area contributed by atoms with Crippen LogP contribution in [0.3, 0.4) is 0 Å². The minimum absolute atomic E-state index is 0.0369. The molecule has 29 heavy (non-hydrogen) atoms. The molecule has 0 saturated carbocycles. The summed E-state index contributed by atoms with van der Waals surface area (Å²) in [5.74, 6) is -0.237. The first-order valence-electron chi connectivity index (χ1n) is 9.85. The molecular formula is C20H27N5O3S. The third kappa shape index (κ3) is 5.56. The first kappa shape index (κ1) is 21.3. The quantitative estimate of drug-likeness (QED) is 0.400. The van der Waals surface area contributed by atoms with E-state index in [2.05, 4.69) is 26.5 Å². The van der Waals surface area contributed by atoms with Gasteiger partial charge in [0.2, 0.25) is 5.16 Å². The summed E-state index contributed by atoms with van der Waals surface area (Å²) in [6.07, 6.45) is 9.79. The lowest BCUT2D eigenvalue weighted by molar-refractivity contribution is -0.147. The van der Waals surface area contributed by atoms with Crippen LogP contribution in [-0.2, 0) is 20.7 Å². The summed E-state index contributed by atoms with van der Waals surface area (Å²) < 4.78 is 6.79. The monoisotopic (exact) mass is 417 g/mol. The minimum Gasteiger partial charge on any atom is -0.455 e. The molecular weight excluding hydrogens is 390 g/mol. The Kier molecular flexibility index (Phi) is 7.24. The van der Waals surface area contributed by atoms with E-state index in [-0.39, 0.29) is 18.9 Å². The van der Waals surface area contributed by atoms with Crippen molar-refractivity contribution in [2.45, 2.75) is 57.5 Å². The molecule has 1 aliphatic carbocycles. The van der Waals surface area contributed by atoms with Gasteiger partial charge in [0.1, 0.15) is 0 Å². The van der Waals surface area contributed by atoms with E-state index in [1.165, 1.54) is 30.2 Å². The molecule has 1 N–H and O–H groups in total. The fraction of sp³-hybridized carbons (Fsp3) is 0.550. The second kappa shape index (κ2) is 9.87. The SMILES string of the molecule is CSc1nc2nc(C)c(CC(=O)OCC(=O)NCCC3=CCCCC3)c(C)n2n1. The zero-order valence-corrected chi connectivity index (χ0v) is 18.0. The van der Waals surface area contributed by atoms with Gasteiger partial charge in [-0.05, 0) is 52.2 Å². The first-order chi connectivity index (χ1) is 14.0. The third-order valence-corrected chi connectivity index (χ3v) is 5.59. The minimum atomic E-state index is -0.465. The summed E-state index contributed by atoms with van der Waals surface area (Å²) in [5.41, 5.74) is 3.64. The zero-order valence-electron chi connectivity index (χ0n) is 17.2. The summed E-state index contributed by atoms with van der Waals surface area (Å²) in [6.45, 7) is 4.00. The number of carbonyl (C=O) groups excluding carboxylic acids is 2. The number of aryl methyl sites for hydroxylation is 2. The van der Waals surface area contributed by atoms with E-state index in [4.69, 9.17) is 4.74 Å². The lowest BCUT2D eigenvalue weighted by atomic mass is 9.97. The highest BCUT2D eigenvalue weighted by Gasteiger charge is 2.17. The Hall–Kier alpha value is -2.42. The maximum atomic E-state index is 12.3. The molecule has 0 saturated heterocycles. The molecule has 8 nitrogen and oxygen atoms in total. The number of nitrogens with zero attached hydrogens (tertiary/aromatic N) is 4. The average molecular weight is 418 g/mol. The summed E-state index contributed by atoms with van der Waals surface area (Å²) in [4.78, 5) is 32.9. The number of amides is 1. The highest BCUT2D eigenvalue weighted by atomic mass is 32.2. The van der Waals surface area contributed by atoms with Gasteiger partial charge in [0.25, 0.3) is 11.7 Å². The molecule has 0 aromatic carbocycles. The number of hydrogen-bond acceptors (Lipinski definition) is 7. The van der Waals surface area contributed by atoms with Crippen molar-refractivity contribution in [1.29, 1.82) is 0 Å². The lowest BCUT2D eigenvalue weighted by Crippen LogP contribution is -2.30. The van der Waals surface area contributed by atoms with Crippen LogP contribution in [0, 0.1) is 13.8 Å². The fourth-order valence-corrected chi connectivity index (χ4v) is 3.76. The maximum Gasteiger partial charge on any atom is 0.310 e. The molecule has 0 bridgehead atoms. The summed E-state index contributed by atoms with van der Waals surface area (Å²) in [6, 6.07) is 0. The molecule has 1 aliphatic rings. The summed E-state index contributed by atoms with van der Waals surface area (Å²) in [5, 5.41) is 7.81. The van der Waals surface area contributed by atoms with E-state index in [1.54, 1.807) is 4.52 Å². The molecule has 9 heteroatoms. The Morgan fingerprint density at radius 3 is 2.83 bits per heavy atom. The fourth-order valence-electron chi connectivity index (χ4n) is 3.42. The normalized spacial score (nSPS) is 14.0. The van der Waals surface area contributed by atoms with Crippen molar-refractivity contribution in [3.63, 3.8) is 0 Å². The smallest absolute Gasteiger partial charge is 0.310 e. The van der Waals surface area contributed by atoms with Gasteiger partial charge in [-0.25, -0.2) is 9.50 Å². The second-order valence-electron chi connectivity index (χ2n) is 7.12. The number of aromatic nitrogens is 4. The first-order valence-corrected chi connectivity index (χ1v) is 11.1. The Morgan fingerprint density at radius 1 is 1.28 bits per heavy atom. The van der Waals surface area contributed by atoms with Crippen LogP contribution in [0.15, 0.2) is 16.8 Å². The number of esters is 1. The van der Waals surface area contributed by atoms with Crippen molar-refractivity contribution >= 4 is 29.4 Å². The molecule has 0 radical (unpaired) electrons. The Balaban J connectivity index is 1.50. The van der Waals surface area contributed by atoms with Crippen LogP contribution in [-0.4, -0.2) is 50.9 Å². The molecule has 0 atom stereocenters. The molecule has 2 aromatic heterocycles. The molecule has 2 aromatic rings. The molecule has 3 rings (SSSR count). The van der Waals surface area contributed by atoms with Crippen molar-refractivity contribution in [3.05, 3.63) is 28.6 Å². The Bertz CT molecular complexity index is 938. The van der Waals surface area contributed by atoms with Crippen LogP contribution in [0.2, 0.25) is 0 Å². The number of rotatable bonds is 8. The molecule has 2 heterocycles. The lowest BCUT2D eigenvalue weighted by Gasteiger charge is -2.13. The van der Waals surface area contributed by atoms with Gasteiger partial charge in [0.15, 0.2) is 6.61 Å². The highest BCUT2D eigenvalue weighted by Crippen LogP contribution is 2.19. The second-order valence-corrected chi connectivity index (χ2v) is 7.89. The predicted octanol–water partition coefficient (Wildman–Crippen LogP) is 2.56. The molecule has 0 fully saturated rings. The van der Waals surface area contributed by atoms with Crippen LogP contribution in [0.1, 0.15) is 49.1 Å². The number of allylic oxidation sites excluding steroid dienone is 1. The topological polar surface area (TPSA) is 98.5 Å². The standard InChI is InChI=1S/C20H27N5O3S/c1-13-16(14(2)25-19(22-13)23-20(24-25)29-3)11-18(27)28-12-17(26)21-10-9-15-7-5-4-6-8-15/h7H,4-6,8-12H2,1-3H3,(H,21,26). The van der Waals surface area contributed by atoms with Gasteiger partial charge in [0, 0.05) is 23.5 Å². The van der Waals surface area contributed by atoms with Crippen LogP contribution in [0.4, 0.5) is 0 Å². The van der Waals surface area contributed by atoms with Crippen molar-refractivity contribution < 1.29 is 14.3 Å². The molecule has 0 unspecified atom stereocenters.